The van der Waals surface area contributed by atoms with Gasteiger partial charge in [-0.3, -0.25) is 0 Å². The van der Waals surface area contributed by atoms with Crippen molar-refractivity contribution < 1.29 is 27.4 Å². The van der Waals surface area contributed by atoms with Crippen molar-refractivity contribution in [3.8, 4) is 11.5 Å². The van der Waals surface area contributed by atoms with Gasteiger partial charge in [-0.1, -0.05) is 0 Å². The monoisotopic (exact) mass is 319 g/mol. The van der Waals surface area contributed by atoms with Gasteiger partial charge in [0.2, 0.25) is 10.0 Å². The van der Waals surface area contributed by atoms with Gasteiger partial charge in [-0.05, 0) is 18.8 Å². The minimum atomic E-state index is -4.07. The van der Waals surface area contributed by atoms with Gasteiger partial charge in [0.1, 0.15) is 10.7 Å². The zero-order chi connectivity index (χ0) is 15.6. The Labute approximate surface area is 122 Å². The maximum atomic E-state index is 13.9. The van der Waals surface area contributed by atoms with E-state index in [9.17, 15) is 17.9 Å². The second kappa shape index (κ2) is 6.17. The van der Waals surface area contributed by atoms with E-state index in [-0.39, 0.29) is 24.0 Å². The third-order valence-electron chi connectivity index (χ3n) is 3.38. The lowest BCUT2D eigenvalue weighted by molar-refractivity contribution is 0.155. The molecule has 8 heteroatoms. The topological polar surface area (TPSA) is 84.9 Å². The molecule has 1 saturated carbocycles. The zero-order valence-electron chi connectivity index (χ0n) is 11.8. The summed E-state index contributed by atoms with van der Waals surface area (Å²) < 4.78 is 50.2. The normalized spacial score (nSPS) is 16.6. The molecule has 1 aromatic rings. The smallest absolute Gasteiger partial charge is 0.243 e. The van der Waals surface area contributed by atoms with Crippen molar-refractivity contribution in [2.45, 2.75) is 23.8 Å². The zero-order valence-corrected chi connectivity index (χ0v) is 12.6. The summed E-state index contributed by atoms with van der Waals surface area (Å²) in [6, 6.07) is 2.00. The lowest BCUT2D eigenvalue weighted by Gasteiger charge is -2.14. The predicted octanol–water partition coefficient (Wildman–Crippen LogP) is 0.892. The Balaban J connectivity index is 2.22. The fourth-order valence-corrected chi connectivity index (χ4v) is 3.09. The summed E-state index contributed by atoms with van der Waals surface area (Å²) in [6.07, 6.45) is 1.02. The van der Waals surface area contributed by atoms with E-state index < -0.39 is 26.8 Å². The number of rotatable bonds is 7. The standard InChI is InChI=1S/C13H18FNO5S/c1-19-11-5-9(14)13(6-12(11)20-2)21(17,18)15-7-10(16)8-3-4-8/h5-6,8,10,15-16H,3-4,7H2,1-2H3. The maximum absolute atomic E-state index is 13.9. The quantitative estimate of drug-likeness (QED) is 0.780. The third kappa shape index (κ3) is 3.63. The number of benzene rings is 1. The highest BCUT2D eigenvalue weighted by Crippen LogP contribution is 2.33. The summed E-state index contributed by atoms with van der Waals surface area (Å²) in [5.41, 5.74) is 0. The number of nitrogens with one attached hydrogen (secondary N) is 1. The third-order valence-corrected chi connectivity index (χ3v) is 4.81. The number of halogens is 1. The van der Waals surface area contributed by atoms with Gasteiger partial charge in [-0.25, -0.2) is 17.5 Å². The van der Waals surface area contributed by atoms with Crippen LogP contribution in [0.1, 0.15) is 12.8 Å². The number of hydrogen-bond donors (Lipinski definition) is 2. The number of hydrogen-bond acceptors (Lipinski definition) is 5. The largest absolute Gasteiger partial charge is 0.493 e. The average molecular weight is 319 g/mol. The molecule has 1 aliphatic carbocycles. The number of methoxy groups -OCH3 is 2. The number of ether oxygens (including phenoxy) is 2. The van der Waals surface area contributed by atoms with Crippen LogP contribution < -0.4 is 14.2 Å². The van der Waals surface area contributed by atoms with Crippen LogP contribution in [0.5, 0.6) is 11.5 Å². The molecule has 2 N–H and O–H groups in total. The summed E-state index contributed by atoms with van der Waals surface area (Å²) in [4.78, 5) is -0.539. The van der Waals surface area contributed by atoms with Crippen LogP contribution in [0.15, 0.2) is 17.0 Å². The molecule has 6 nitrogen and oxygen atoms in total. The van der Waals surface area contributed by atoms with E-state index >= 15 is 0 Å². The van der Waals surface area contributed by atoms with E-state index in [0.29, 0.717) is 0 Å². The Bertz CT molecular complexity index is 615. The second-order valence-electron chi connectivity index (χ2n) is 4.89. The van der Waals surface area contributed by atoms with E-state index in [1.54, 1.807) is 0 Å². The van der Waals surface area contributed by atoms with Crippen LogP contribution in [0.25, 0.3) is 0 Å². The minimum Gasteiger partial charge on any atom is -0.493 e. The van der Waals surface area contributed by atoms with Crippen LogP contribution in [-0.4, -0.2) is 40.4 Å². The van der Waals surface area contributed by atoms with Gasteiger partial charge < -0.3 is 14.6 Å². The molecule has 0 heterocycles. The molecule has 0 radical (unpaired) electrons. The molecule has 118 valence electrons. The molecule has 0 spiro atoms. The van der Waals surface area contributed by atoms with Gasteiger partial charge in [0.15, 0.2) is 11.5 Å². The fraction of sp³-hybridized carbons (Fsp3) is 0.538. The van der Waals surface area contributed by atoms with E-state index in [4.69, 9.17) is 9.47 Å². The van der Waals surface area contributed by atoms with Crippen LogP contribution in [0, 0.1) is 11.7 Å². The molecule has 1 aromatic carbocycles. The Morgan fingerprint density at radius 3 is 2.43 bits per heavy atom. The summed E-state index contributed by atoms with van der Waals surface area (Å²) in [5.74, 6) is -0.599. The van der Waals surface area contributed by atoms with E-state index in [0.717, 1.165) is 25.0 Å². The van der Waals surface area contributed by atoms with Crippen molar-refractivity contribution in [3.05, 3.63) is 17.9 Å². The van der Waals surface area contributed by atoms with E-state index in [1.807, 2.05) is 0 Å². The van der Waals surface area contributed by atoms with Gasteiger partial charge in [-0.2, -0.15) is 0 Å². The summed E-state index contributed by atoms with van der Waals surface area (Å²) in [7, 11) is -1.41. The van der Waals surface area contributed by atoms with Crippen molar-refractivity contribution in [2.24, 2.45) is 5.92 Å². The number of aliphatic hydroxyl groups excluding tert-OH is 1. The van der Waals surface area contributed by atoms with Gasteiger partial charge in [0.25, 0.3) is 0 Å². The first-order valence-electron chi connectivity index (χ1n) is 6.48. The summed E-state index contributed by atoms with van der Waals surface area (Å²) >= 11 is 0. The first kappa shape index (κ1) is 16.0. The fourth-order valence-electron chi connectivity index (χ4n) is 1.96. The van der Waals surface area contributed by atoms with Crippen LogP contribution in [0.2, 0.25) is 0 Å². The van der Waals surface area contributed by atoms with Gasteiger partial charge in [0.05, 0.1) is 20.3 Å². The molecular formula is C13H18FNO5S. The van der Waals surface area contributed by atoms with Crippen LogP contribution >= 0.6 is 0 Å². The molecule has 21 heavy (non-hydrogen) atoms. The Morgan fingerprint density at radius 2 is 1.90 bits per heavy atom. The highest BCUT2D eigenvalue weighted by Gasteiger charge is 2.31. The van der Waals surface area contributed by atoms with Crippen molar-refractivity contribution in [1.82, 2.24) is 4.72 Å². The molecule has 0 saturated heterocycles. The Morgan fingerprint density at radius 1 is 1.33 bits per heavy atom. The lowest BCUT2D eigenvalue weighted by atomic mass is 10.2. The van der Waals surface area contributed by atoms with Crippen molar-refractivity contribution in [1.29, 1.82) is 0 Å². The molecule has 1 unspecified atom stereocenters. The molecular weight excluding hydrogens is 301 g/mol. The van der Waals surface area contributed by atoms with Crippen LogP contribution in [-0.2, 0) is 10.0 Å². The molecule has 1 aliphatic rings. The first-order chi connectivity index (χ1) is 9.89. The van der Waals surface area contributed by atoms with Crippen molar-refractivity contribution >= 4 is 10.0 Å². The predicted molar refractivity (Wildman–Crippen MR) is 73.4 cm³/mol. The number of aliphatic hydroxyl groups is 1. The van der Waals surface area contributed by atoms with Crippen LogP contribution in [0.3, 0.4) is 0 Å². The summed E-state index contributed by atoms with van der Waals surface area (Å²) in [5, 5.41) is 9.69. The van der Waals surface area contributed by atoms with E-state index in [2.05, 4.69) is 4.72 Å². The Hall–Kier alpha value is -1.38. The minimum absolute atomic E-state index is 0.104. The number of sulfonamides is 1. The van der Waals surface area contributed by atoms with E-state index in [1.165, 1.54) is 14.2 Å². The Kier molecular flexibility index (Phi) is 4.70. The van der Waals surface area contributed by atoms with Crippen LogP contribution in [0.4, 0.5) is 4.39 Å². The molecule has 0 aliphatic heterocycles. The van der Waals surface area contributed by atoms with Crippen molar-refractivity contribution in [3.63, 3.8) is 0 Å². The summed E-state index contributed by atoms with van der Waals surface area (Å²) in [6.45, 7) is -0.138. The van der Waals surface area contributed by atoms with Gasteiger partial charge in [-0.15, -0.1) is 0 Å². The SMILES string of the molecule is COc1cc(F)c(S(=O)(=O)NCC(O)C2CC2)cc1OC. The first-order valence-corrected chi connectivity index (χ1v) is 7.96. The second-order valence-corrected chi connectivity index (χ2v) is 6.63. The molecule has 0 aromatic heterocycles. The molecule has 0 bridgehead atoms. The van der Waals surface area contributed by atoms with Gasteiger partial charge in [0, 0.05) is 18.7 Å². The molecule has 1 atom stereocenters. The highest BCUT2D eigenvalue weighted by atomic mass is 32.2. The molecule has 1 fully saturated rings. The highest BCUT2D eigenvalue weighted by molar-refractivity contribution is 7.89. The average Bonchev–Trinajstić information content (AvgIpc) is 3.28. The molecule has 0 amide bonds. The van der Waals surface area contributed by atoms with Gasteiger partial charge >= 0.3 is 0 Å². The van der Waals surface area contributed by atoms with Crippen molar-refractivity contribution in [2.75, 3.05) is 20.8 Å². The maximum Gasteiger partial charge on any atom is 0.243 e. The molecule has 2 rings (SSSR count). The lowest BCUT2D eigenvalue weighted by Crippen LogP contribution is -2.33.